The van der Waals surface area contributed by atoms with E-state index in [2.05, 4.69) is 20.6 Å². The molecule has 2 aromatic rings. The second-order valence-electron chi connectivity index (χ2n) is 5.19. The number of rotatable bonds is 4. The molecule has 21 heavy (non-hydrogen) atoms. The van der Waals surface area contributed by atoms with Crippen molar-refractivity contribution in [3.05, 3.63) is 24.0 Å². The first-order valence-electron chi connectivity index (χ1n) is 7.40. The number of ether oxygens (including phenoxy) is 1. The molecular weight excluding hydrogens is 268 g/mol. The molecule has 6 nitrogen and oxygen atoms in total. The van der Waals surface area contributed by atoms with E-state index in [0.29, 0.717) is 18.2 Å². The minimum Gasteiger partial charge on any atom is -0.462 e. The van der Waals surface area contributed by atoms with Gasteiger partial charge in [-0.2, -0.15) is 0 Å². The van der Waals surface area contributed by atoms with Gasteiger partial charge >= 0.3 is 5.97 Å². The molecule has 1 aliphatic heterocycles. The third kappa shape index (κ3) is 2.85. The van der Waals surface area contributed by atoms with Gasteiger partial charge in [-0.05, 0) is 32.4 Å². The number of aromatic nitrogens is 2. The number of nitrogens with zero attached hydrogens (tertiary/aromatic N) is 1. The smallest absolute Gasteiger partial charge is 0.341 e. The van der Waals surface area contributed by atoms with Gasteiger partial charge in [0, 0.05) is 30.4 Å². The summed E-state index contributed by atoms with van der Waals surface area (Å²) >= 11 is 0. The topological polar surface area (TPSA) is 79.0 Å². The molecule has 0 aliphatic carbocycles. The average Bonchev–Trinajstić information content (AvgIpc) is 2.98. The number of aromatic amines is 1. The van der Waals surface area contributed by atoms with Gasteiger partial charge in [-0.1, -0.05) is 0 Å². The third-order valence-electron chi connectivity index (χ3n) is 3.73. The molecule has 3 heterocycles. The molecular formula is C15H20N4O2. The van der Waals surface area contributed by atoms with Crippen LogP contribution in [0.5, 0.6) is 0 Å². The van der Waals surface area contributed by atoms with Crippen LogP contribution < -0.4 is 10.6 Å². The second-order valence-corrected chi connectivity index (χ2v) is 5.19. The molecule has 0 radical (unpaired) electrons. The number of carbonyl (C=O) groups excluding carboxylic acids is 1. The van der Waals surface area contributed by atoms with Crippen molar-refractivity contribution in [3.63, 3.8) is 0 Å². The lowest BCUT2D eigenvalue weighted by Crippen LogP contribution is -2.38. The van der Waals surface area contributed by atoms with Crippen molar-refractivity contribution < 1.29 is 9.53 Å². The van der Waals surface area contributed by atoms with Gasteiger partial charge in [0.05, 0.1) is 12.3 Å². The highest BCUT2D eigenvalue weighted by Gasteiger charge is 2.20. The molecule has 0 bridgehead atoms. The Labute approximate surface area is 123 Å². The van der Waals surface area contributed by atoms with Crippen molar-refractivity contribution in [2.45, 2.75) is 25.8 Å². The highest BCUT2D eigenvalue weighted by atomic mass is 16.5. The van der Waals surface area contributed by atoms with E-state index in [-0.39, 0.29) is 5.97 Å². The van der Waals surface area contributed by atoms with Crippen LogP contribution in [0.25, 0.3) is 11.0 Å². The number of carbonyl (C=O) groups is 1. The molecule has 0 saturated carbocycles. The summed E-state index contributed by atoms with van der Waals surface area (Å²) in [5.41, 5.74) is 2.08. The van der Waals surface area contributed by atoms with Crippen molar-refractivity contribution in [1.29, 1.82) is 0 Å². The van der Waals surface area contributed by atoms with Crippen LogP contribution in [0.4, 0.5) is 5.69 Å². The van der Waals surface area contributed by atoms with Crippen LogP contribution in [-0.2, 0) is 4.74 Å². The van der Waals surface area contributed by atoms with E-state index in [1.54, 1.807) is 13.1 Å². The van der Waals surface area contributed by atoms with Crippen LogP contribution >= 0.6 is 0 Å². The molecule has 3 N–H and O–H groups in total. The maximum absolute atomic E-state index is 12.1. The number of H-pyrrole nitrogens is 1. The van der Waals surface area contributed by atoms with E-state index in [4.69, 9.17) is 4.74 Å². The van der Waals surface area contributed by atoms with Crippen molar-refractivity contribution in [2.75, 3.05) is 25.0 Å². The molecule has 6 heteroatoms. The van der Waals surface area contributed by atoms with Crippen molar-refractivity contribution in [3.8, 4) is 0 Å². The Bertz CT molecular complexity index is 632. The molecule has 1 aliphatic rings. The van der Waals surface area contributed by atoms with Crippen LogP contribution in [0.3, 0.4) is 0 Å². The lowest BCUT2D eigenvalue weighted by molar-refractivity contribution is 0.0527. The summed E-state index contributed by atoms with van der Waals surface area (Å²) < 4.78 is 5.14. The number of piperidine rings is 1. The Morgan fingerprint density at radius 1 is 1.57 bits per heavy atom. The van der Waals surface area contributed by atoms with Gasteiger partial charge in [-0.3, -0.25) is 0 Å². The van der Waals surface area contributed by atoms with E-state index in [9.17, 15) is 4.79 Å². The fourth-order valence-electron chi connectivity index (χ4n) is 2.71. The predicted octanol–water partition coefficient (Wildman–Crippen LogP) is 1.90. The van der Waals surface area contributed by atoms with E-state index in [0.717, 1.165) is 42.7 Å². The number of nitrogens with one attached hydrogen (secondary N) is 3. The molecule has 1 saturated heterocycles. The molecule has 1 fully saturated rings. The van der Waals surface area contributed by atoms with Crippen molar-refractivity contribution >= 4 is 22.7 Å². The Morgan fingerprint density at radius 2 is 2.48 bits per heavy atom. The summed E-state index contributed by atoms with van der Waals surface area (Å²) in [6, 6.07) is 2.25. The molecule has 0 unspecified atom stereocenters. The third-order valence-corrected chi connectivity index (χ3v) is 3.73. The summed E-state index contributed by atoms with van der Waals surface area (Å²) in [5.74, 6) is -0.334. The van der Waals surface area contributed by atoms with Crippen LogP contribution in [0, 0.1) is 0 Å². The summed E-state index contributed by atoms with van der Waals surface area (Å²) in [7, 11) is 0. The zero-order valence-corrected chi connectivity index (χ0v) is 12.1. The number of hydrogen-bond acceptors (Lipinski definition) is 5. The predicted molar refractivity (Wildman–Crippen MR) is 81.6 cm³/mol. The second kappa shape index (κ2) is 6.13. The number of hydrogen-bond donors (Lipinski definition) is 3. The Balaban J connectivity index is 1.97. The molecule has 0 amide bonds. The largest absolute Gasteiger partial charge is 0.462 e. The number of fused-ring (bicyclic) bond motifs is 1. The van der Waals surface area contributed by atoms with Crippen LogP contribution in [0.1, 0.15) is 30.1 Å². The average molecular weight is 288 g/mol. The summed E-state index contributed by atoms with van der Waals surface area (Å²) in [6.45, 7) is 4.11. The minimum absolute atomic E-state index is 0.312. The maximum Gasteiger partial charge on any atom is 0.341 e. The van der Waals surface area contributed by atoms with Crippen molar-refractivity contribution in [1.82, 2.24) is 15.3 Å². The quantitative estimate of drug-likeness (QED) is 0.749. The standard InChI is InChI=1S/C15H20N4O2/c1-2-21-15(20)12-9-18-14-11(5-7-17-14)13(12)19-10-4-3-6-16-8-10/h5,7,9-10,16H,2-4,6,8H2,1H3,(H2,17,18,19)/t10-/m1/s1. The molecule has 1 atom stereocenters. The zero-order valence-electron chi connectivity index (χ0n) is 12.1. The van der Waals surface area contributed by atoms with Gasteiger partial charge in [-0.15, -0.1) is 0 Å². The lowest BCUT2D eigenvalue weighted by atomic mass is 10.1. The fourth-order valence-corrected chi connectivity index (χ4v) is 2.71. The fraction of sp³-hybridized carbons (Fsp3) is 0.467. The molecule has 0 aromatic carbocycles. The van der Waals surface area contributed by atoms with Gasteiger partial charge in [-0.25, -0.2) is 9.78 Å². The van der Waals surface area contributed by atoms with Crippen LogP contribution in [0.2, 0.25) is 0 Å². The SMILES string of the molecule is CCOC(=O)c1cnc2[nH]ccc2c1N[C@@H]1CCCNC1. The molecule has 0 spiro atoms. The number of esters is 1. The first-order valence-corrected chi connectivity index (χ1v) is 7.40. The van der Waals surface area contributed by atoms with E-state index in [1.165, 1.54) is 0 Å². The van der Waals surface area contributed by atoms with E-state index >= 15 is 0 Å². The Morgan fingerprint density at radius 3 is 3.24 bits per heavy atom. The van der Waals surface area contributed by atoms with E-state index < -0.39 is 0 Å². The first kappa shape index (κ1) is 13.9. The van der Waals surface area contributed by atoms with Gasteiger partial charge < -0.3 is 20.4 Å². The summed E-state index contributed by atoms with van der Waals surface area (Å²) in [4.78, 5) is 19.5. The first-order chi connectivity index (χ1) is 10.3. The minimum atomic E-state index is -0.334. The monoisotopic (exact) mass is 288 g/mol. The summed E-state index contributed by atoms with van der Waals surface area (Å²) in [6.07, 6.45) is 5.63. The van der Waals surface area contributed by atoms with Gasteiger partial charge in [0.15, 0.2) is 0 Å². The Kier molecular flexibility index (Phi) is 4.06. The zero-order chi connectivity index (χ0) is 14.7. The van der Waals surface area contributed by atoms with Crippen LogP contribution in [-0.4, -0.2) is 41.7 Å². The molecule has 3 rings (SSSR count). The highest BCUT2D eigenvalue weighted by molar-refractivity contribution is 6.04. The number of pyridine rings is 1. The van der Waals surface area contributed by atoms with Crippen molar-refractivity contribution in [2.24, 2.45) is 0 Å². The maximum atomic E-state index is 12.1. The van der Waals surface area contributed by atoms with Crippen LogP contribution in [0.15, 0.2) is 18.5 Å². The van der Waals surface area contributed by atoms with Gasteiger partial charge in [0.25, 0.3) is 0 Å². The summed E-state index contributed by atoms with van der Waals surface area (Å²) in [5, 5.41) is 7.79. The lowest BCUT2D eigenvalue weighted by Gasteiger charge is -2.26. The van der Waals surface area contributed by atoms with Gasteiger partial charge in [0.1, 0.15) is 11.2 Å². The van der Waals surface area contributed by atoms with E-state index in [1.807, 2.05) is 12.3 Å². The number of anilines is 1. The Hall–Kier alpha value is -2.08. The highest BCUT2D eigenvalue weighted by Crippen LogP contribution is 2.27. The normalized spacial score (nSPS) is 18.6. The molecule has 2 aromatic heterocycles. The van der Waals surface area contributed by atoms with Gasteiger partial charge in [0.2, 0.25) is 0 Å². The molecule has 112 valence electrons.